The summed E-state index contributed by atoms with van der Waals surface area (Å²) in [5.74, 6) is -0.0316. The van der Waals surface area contributed by atoms with Crippen LogP contribution < -0.4 is 0 Å². The molecule has 0 amide bonds. The minimum atomic E-state index is -4.43. The topological polar surface area (TPSA) is 34.0 Å². The van der Waals surface area contributed by atoms with Gasteiger partial charge in [-0.15, -0.1) is 10.2 Å². The molecule has 0 N–H and O–H groups in total. The molecule has 106 valence electrons. The second-order valence-corrected chi connectivity index (χ2v) is 5.81. The van der Waals surface area contributed by atoms with Crippen LogP contribution >= 0.6 is 0 Å². The van der Waals surface area contributed by atoms with Crippen LogP contribution in [0.4, 0.5) is 13.2 Å². The summed E-state index contributed by atoms with van der Waals surface area (Å²) in [4.78, 5) is 2.27. The van der Waals surface area contributed by atoms with Crippen LogP contribution in [0.3, 0.4) is 0 Å². The van der Waals surface area contributed by atoms with Crippen LogP contribution in [0, 0.1) is 5.92 Å². The van der Waals surface area contributed by atoms with Crippen LogP contribution in [0.5, 0.6) is 0 Å². The largest absolute Gasteiger partial charge is 0.451 e. The fourth-order valence-corrected chi connectivity index (χ4v) is 3.42. The van der Waals surface area contributed by atoms with Crippen molar-refractivity contribution in [2.24, 2.45) is 5.92 Å². The van der Waals surface area contributed by atoms with Gasteiger partial charge in [0.15, 0.2) is 5.82 Å². The van der Waals surface area contributed by atoms with Crippen molar-refractivity contribution in [1.29, 1.82) is 0 Å². The number of alkyl halides is 3. The van der Waals surface area contributed by atoms with Crippen LogP contribution in [0.1, 0.15) is 38.8 Å². The highest BCUT2D eigenvalue weighted by atomic mass is 19.4. The van der Waals surface area contributed by atoms with E-state index < -0.39 is 12.0 Å². The number of rotatable bonds is 1. The van der Waals surface area contributed by atoms with Crippen molar-refractivity contribution in [3.8, 4) is 0 Å². The van der Waals surface area contributed by atoms with E-state index in [0.717, 1.165) is 6.42 Å². The van der Waals surface area contributed by atoms with Gasteiger partial charge < -0.3 is 4.57 Å². The van der Waals surface area contributed by atoms with Crippen molar-refractivity contribution in [3.05, 3.63) is 11.6 Å². The van der Waals surface area contributed by atoms with Crippen molar-refractivity contribution in [2.75, 3.05) is 6.54 Å². The van der Waals surface area contributed by atoms with Crippen LogP contribution in [0.2, 0.25) is 0 Å². The summed E-state index contributed by atoms with van der Waals surface area (Å²) in [7, 11) is 0. The monoisotopic (exact) mass is 274 g/mol. The first-order valence-corrected chi connectivity index (χ1v) is 6.56. The molecule has 4 nitrogen and oxygen atoms in total. The molecule has 0 radical (unpaired) electrons. The molecule has 1 aliphatic heterocycles. The third kappa shape index (κ3) is 1.63. The molecular weight excluding hydrogens is 257 g/mol. The first-order valence-electron chi connectivity index (χ1n) is 6.56. The van der Waals surface area contributed by atoms with Gasteiger partial charge in [-0.25, -0.2) is 0 Å². The van der Waals surface area contributed by atoms with E-state index in [1.165, 1.54) is 4.57 Å². The summed E-state index contributed by atoms with van der Waals surface area (Å²) in [5, 5.41) is 7.27. The quantitative estimate of drug-likeness (QED) is 0.787. The lowest BCUT2D eigenvalue weighted by Crippen LogP contribution is -2.49. The fraction of sp³-hybridized carbons (Fsp3) is 0.833. The number of hydrogen-bond donors (Lipinski definition) is 0. The lowest BCUT2D eigenvalue weighted by molar-refractivity contribution is -0.148. The zero-order valence-electron chi connectivity index (χ0n) is 11.2. The SMILES string of the molecule is CC(C)N1CCn2c(C(F)(F)F)nnc2C12CC2C. The third-order valence-electron chi connectivity index (χ3n) is 4.36. The van der Waals surface area contributed by atoms with Crippen LogP contribution in [-0.4, -0.2) is 32.3 Å². The second-order valence-electron chi connectivity index (χ2n) is 5.81. The van der Waals surface area contributed by atoms with Gasteiger partial charge in [0, 0.05) is 19.1 Å². The molecule has 2 heterocycles. The summed E-state index contributed by atoms with van der Waals surface area (Å²) >= 11 is 0. The average Bonchev–Trinajstić information content (AvgIpc) is 2.75. The van der Waals surface area contributed by atoms with E-state index in [9.17, 15) is 13.2 Å². The van der Waals surface area contributed by atoms with Crippen molar-refractivity contribution < 1.29 is 13.2 Å². The predicted octanol–water partition coefficient (Wildman–Crippen LogP) is 2.26. The molecule has 1 aliphatic carbocycles. The zero-order valence-corrected chi connectivity index (χ0v) is 11.2. The number of fused-ring (bicyclic) bond motifs is 2. The van der Waals surface area contributed by atoms with Crippen molar-refractivity contribution in [2.45, 2.75) is 51.5 Å². The lowest BCUT2D eigenvalue weighted by Gasteiger charge is -2.39. The molecule has 1 spiro atoms. The zero-order chi connectivity index (χ0) is 14.0. The van der Waals surface area contributed by atoms with Gasteiger partial charge in [-0.1, -0.05) is 6.92 Å². The van der Waals surface area contributed by atoms with Gasteiger partial charge >= 0.3 is 6.18 Å². The standard InChI is InChI=1S/C12H17F3N4/c1-7(2)19-5-4-18-9(11(19)6-8(11)3)16-17-10(18)12(13,14)15/h7-8H,4-6H2,1-3H3. The van der Waals surface area contributed by atoms with Crippen molar-refractivity contribution in [3.63, 3.8) is 0 Å². The molecule has 3 rings (SSSR count). The minimum absolute atomic E-state index is 0.296. The molecular formula is C12H17F3N4. The number of aromatic nitrogens is 3. The van der Waals surface area contributed by atoms with Crippen LogP contribution in [-0.2, 0) is 18.3 Å². The molecule has 2 atom stereocenters. The Morgan fingerprint density at radius 3 is 2.37 bits per heavy atom. The third-order valence-corrected chi connectivity index (χ3v) is 4.36. The molecule has 0 aromatic carbocycles. The Labute approximate surface area is 109 Å². The summed E-state index contributed by atoms with van der Waals surface area (Å²) in [6, 6.07) is 0.296. The molecule has 7 heteroatoms. The fourth-order valence-electron chi connectivity index (χ4n) is 3.42. The molecule has 2 aliphatic rings. The average molecular weight is 274 g/mol. The smallest absolute Gasteiger partial charge is 0.304 e. The Hall–Kier alpha value is -1.11. The lowest BCUT2D eigenvalue weighted by atomic mass is 10.1. The van der Waals surface area contributed by atoms with Gasteiger partial charge in [0.25, 0.3) is 0 Å². The van der Waals surface area contributed by atoms with Crippen molar-refractivity contribution >= 4 is 0 Å². The maximum absolute atomic E-state index is 12.9. The van der Waals surface area contributed by atoms with E-state index in [0.29, 0.717) is 30.9 Å². The highest BCUT2D eigenvalue weighted by Crippen LogP contribution is 2.58. The minimum Gasteiger partial charge on any atom is -0.304 e. The van der Waals surface area contributed by atoms with E-state index in [1.54, 1.807) is 0 Å². The molecule has 0 saturated heterocycles. The van der Waals surface area contributed by atoms with Gasteiger partial charge in [0.2, 0.25) is 5.82 Å². The number of halogens is 3. The first kappa shape index (κ1) is 12.9. The van der Waals surface area contributed by atoms with E-state index in [4.69, 9.17) is 0 Å². The van der Waals surface area contributed by atoms with Crippen LogP contribution in [0.25, 0.3) is 0 Å². The molecule has 2 unspecified atom stereocenters. The highest BCUT2D eigenvalue weighted by Gasteiger charge is 2.62. The Bertz CT molecular complexity index is 508. The number of nitrogens with zero attached hydrogens (tertiary/aromatic N) is 4. The Morgan fingerprint density at radius 2 is 1.89 bits per heavy atom. The maximum atomic E-state index is 12.9. The molecule has 1 saturated carbocycles. The van der Waals surface area contributed by atoms with E-state index >= 15 is 0 Å². The molecule has 0 bridgehead atoms. The van der Waals surface area contributed by atoms with E-state index in [1.807, 2.05) is 0 Å². The predicted molar refractivity (Wildman–Crippen MR) is 62.3 cm³/mol. The Kier molecular flexibility index (Phi) is 2.52. The van der Waals surface area contributed by atoms with Gasteiger partial charge in [-0.3, -0.25) is 4.90 Å². The molecule has 1 aromatic heterocycles. The van der Waals surface area contributed by atoms with Gasteiger partial charge in [0.1, 0.15) is 0 Å². The number of hydrogen-bond acceptors (Lipinski definition) is 3. The molecule has 19 heavy (non-hydrogen) atoms. The summed E-state index contributed by atoms with van der Waals surface area (Å²) < 4.78 is 40.0. The van der Waals surface area contributed by atoms with E-state index in [2.05, 4.69) is 35.9 Å². The van der Waals surface area contributed by atoms with Crippen molar-refractivity contribution in [1.82, 2.24) is 19.7 Å². The van der Waals surface area contributed by atoms with Crippen LogP contribution in [0.15, 0.2) is 0 Å². The maximum Gasteiger partial charge on any atom is 0.451 e. The van der Waals surface area contributed by atoms with E-state index in [-0.39, 0.29) is 5.54 Å². The highest BCUT2D eigenvalue weighted by molar-refractivity contribution is 5.25. The Balaban J connectivity index is 2.08. The normalized spacial score (nSPS) is 31.0. The summed E-state index contributed by atoms with van der Waals surface area (Å²) in [6.07, 6.45) is -3.56. The Morgan fingerprint density at radius 1 is 1.26 bits per heavy atom. The van der Waals surface area contributed by atoms with Gasteiger partial charge in [0.05, 0.1) is 5.54 Å². The summed E-state index contributed by atoms with van der Waals surface area (Å²) in [5.41, 5.74) is -0.330. The molecule has 1 fully saturated rings. The molecule has 1 aromatic rings. The first-order chi connectivity index (χ1) is 8.78. The second kappa shape index (κ2) is 3.71. The van der Waals surface area contributed by atoms with Gasteiger partial charge in [-0.05, 0) is 26.2 Å². The summed E-state index contributed by atoms with van der Waals surface area (Å²) in [6.45, 7) is 7.14. The van der Waals surface area contributed by atoms with Gasteiger partial charge in [-0.2, -0.15) is 13.2 Å².